The minimum Gasteiger partial charge on any atom is -0.365 e. The molecule has 0 amide bonds. The fourth-order valence-corrected chi connectivity index (χ4v) is 3.33. The molecule has 1 aliphatic carbocycles. The van der Waals surface area contributed by atoms with Crippen molar-refractivity contribution in [2.75, 3.05) is 5.32 Å². The van der Waals surface area contributed by atoms with Crippen LogP contribution in [0.15, 0.2) is 18.7 Å². The molecule has 3 aromatic rings. The van der Waals surface area contributed by atoms with Gasteiger partial charge in [0.1, 0.15) is 18.0 Å². The maximum Gasteiger partial charge on any atom is 0.165 e. The van der Waals surface area contributed by atoms with Crippen LogP contribution in [0.5, 0.6) is 0 Å². The maximum absolute atomic E-state index is 4.82. The van der Waals surface area contributed by atoms with Crippen molar-refractivity contribution in [3.05, 3.63) is 24.5 Å². The minimum absolute atomic E-state index is 0.487. The van der Waals surface area contributed by atoms with Crippen LogP contribution in [0.4, 0.5) is 5.82 Å². The van der Waals surface area contributed by atoms with Gasteiger partial charge in [-0.1, -0.05) is 12.8 Å². The molecule has 3 aromatic heterocycles. The Bertz CT molecular complexity index is 847. The number of hydrogen-bond acceptors (Lipinski definition) is 6. The van der Waals surface area contributed by atoms with Crippen LogP contribution in [0.3, 0.4) is 0 Å². The fraction of sp³-hybridized carbons (Fsp3) is 0.471. The van der Waals surface area contributed by atoms with E-state index in [1.807, 2.05) is 19.3 Å². The zero-order valence-corrected chi connectivity index (χ0v) is 14.0. The topological polar surface area (TPSA) is 81.4 Å². The average Bonchev–Trinajstić information content (AvgIpc) is 3.23. The summed E-state index contributed by atoms with van der Waals surface area (Å²) < 4.78 is 2.09. The van der Waals surface area contributed by atoms with Crippen LogP contribution >= 0.6 is 0 Å². The lowest BCUT2D eigenvalue weighted by Gasteiger charge is -2.12. The van der Waals surface area contributed by atoms with Crippen molar-refractivity contribution in [3.63, 3.8) is 0 Å². The second-order valence-corrected chi connectivity index (χ2v) is 6.22. The van der Waals surface area contributed by atoms with E-state index in [1.54, 1.807) is 6.33 Å². The number of rotatable bonds is 4. The predicted octanol–water partition coefficient (Wildman–Crippen LogP) is 2.97. The number of aromatic nitrogens is 6. The van der Waals surface area contributed by atoms with Gasteiger partial charge >= 0.3 is 0 Å². The summed E-state index contributed by atoms with van der Waals surface area (Å²) in [5, 5.41) is 3.55. The van der Waals surface area contributed by atoms with Gasteiger partial charge in [0.2, 0.25) is 0 Å². The van der Waals surface area contributed by atoms with Crippen molar-refractivity contribution in [2.24, 2.45) is 0 Å². The van der Waals surface area contributed by atoms with Crippen molar-refractivity contribution >= 4 is 17.0 Å². The highest BCUT2D eigenvalue weighted by Gasteiger charge is 2.20. The van der Waals surface area contributed by atoms with Crippen molar-refractivity contribution < 1.29 is 0 Å². The Balaban J connectivity index is 1.81. The number of hydrogen-bond donors (Lipinski definition) is 1. The first kappa shape index (κ1) is 15.0. The first-order valence-electron chi connectivity index (χ1n) is 8.53. The van der Waals surface area contributed by atoms with Gasteiger partial charge in [0.15, 0.2) is 17.0 Å². The lowest BCUT2D eigenvalue weighted by atomic mass is 10.2. The van der Waals surface area contributed by atoms with Crippen LogP contribution in [-0.4, -0.2) is 35.5 Å². The maximum atomic E-state index is 4.82. The zero-order valence-electron chi connectivity index (χ0n) is 14.0. The quantitative estimate of drug-likeness (QED) is 0.795. The van der Waals surface area contributed by atoms with Gasteiger partial charge in [-0.05, 0) is 26.7 Å². The molecule has 1 saturated carbocycles. The molecule has 1 fully saturated rings. The highest BCUT2D eigenvalue weighted by atomic mass is 15.2. The smallest absolute Gasteiger partial charge is 0.165 e. The summed E-state index contributed by atoms with van der Waals surface area (Å²) in [6, 6.07) is 0.487. The zero-order chi connectivity index (χ0) is 16.5. The molecule has 0 atom stereocenters. The fourth-order valence-electron chi connectivity index (χ4n) is 3.33. The number of aryl methyl sites for hydroxylation is 2. The number of imidazole rings is 1. The molecule has 0 bridgehead atoms. The van der Waals surface area contributed by atoms with Gasteiger partial charge in [-0.2, -0.15) is 0 Å². The van der Waals surface area contributed by atoms with E-state index in [0.29, 0.717) is 6.04 Å². The highest BCUT2D eigenvalue weighted by Crippen LogP contribution is 2.28. The molecule has 0 spiro atoms. The molecule has 3 heterocycles. The molecule has 0 unspecified atom stereocenters. The van der Waals surface area contributed by atoms with Crippen LogP contribution in [0.25, 0.3) is 22.6 Å². The van der Waals surface area contributed by atoms with Crippen LogP contribution in [0, 0.1) is 6.92 Å². The minimum atomic E-state index is 0.487. The summed E-state index contributed by atoms with van der Waals surface area (Å²) in [7, 11) is 0. The standard InChI is InChI=1S/C17H21N7/c1-3-24-16(12-8-18-11(2)19-9-12)23-14-15(20-10-21-17(14)24)22-13-6-4-5-7-13/h8-10,13H,3-7H2,1-2H3,(H,20,21,22). The lowest BCUT2D eigenvalue weighted by molar-refractivity contribution is 0.750. The van der Waals surface area contributed by atoms with Crippen molar-refractivity contribution in [1.82, 2.24) is 29.5 Å². The van der Waals surface area contributed by atoms with Gasteiger partial charge in [0.25, 0.3) is 0 Å². The van der Waals surface area contributed by atoms with Crippen molar-refractivity contribution in [3.8, 4) is 11.4 Å². The van der Waals surface area contributed by atoms with Crippen LogP contribution in [0.1, 0.15) is 38.4 Å². The SMILES string of the molecule is CCn1c(-c2cnc(C)nc2)nc2c(NC3CCCC3)ncnc21. The normalized spacial score (nSPS) is 15.2. The van der Waals surface area contributed by atoms with Gasteiger partial charge in [-0.25, -0.2) is 24.9 Å². The predicted molar refractivity (Wildman–Crippen MR) is 92.6 cm³/mol. The van der Waals surface area contributed by atoms with E-state index in [1.165, 1.54) is 25.7 Å². The largest absolute Gasteiger partial charge is 0.365 e. The molecule has 1 aliphatic rings. The molecule has 0 aromatic carbocycles. The van der Waals surface area contributed by atoms with Crippen LogP contribution in [-0.2, 0) is 6.54 Å². The first-order valence-corrected chi connectivity index (χ1v) is 8.53. The molecular formula is C17H21N7. The Morgan fingerprint density at radius 2 is 1.88 bits per heavy atom. The van der Waals surface area contributed by atoms with Gasteiger partial charge in [-0.3, -0.25) is 0 Å². The first-order chi connectivity index (χ1) is 11.8. The molecule has 1 N–H and O–H groups in total. The summed E-state index contributed by atoms with van der Waals surface area (Å²) in [5.41, 5.74) is 2.57. The summed E-state index contributed by atoms with van der Waals surface area (Å²) >= 11 is 0. The summed E-state index contributed by atoms with van der Waals surface area (Å²) in [6.07, 6.45) is 10.2. The molecule has 124 valence electrons. The third-order valence-corrected chi connectivity index (χ3v) is 4.58. The third kappa shape index (κ3) is 2.60. The monoisotopic (exact) mass is 323 g/mol. The van der Waals surface area contributed by atoms with E-state index in [4.69, 9.17) is 4.98 Å². The van der Waals surface area contributed by atoms with Gasteiger partial charge < -0.3 is 9.88 Å². The van der Waals surface area contributed by atoms with E-state index in [2.05, 4.69) is 36.7 Å². The van der Waals surface area contributed by atoms with E-state index in [-0.39, 0.29) is 0 Å². The Labute approximate surface area is 140 Å². The van der Waals surface area contributed by atoms with Crippen molar-refractivity contribution in [2.45, 2.75) is 52.1 Å². The number of fused-ring (bicyclic) bond motifs is 1. The molecule has 24 heavy (non-hydrogen) atoms. The molecule has 0 aliphatic heterocycles. The Morgan fingerprint density at radius 3 is 2.58 bits per heavy atom. The Kier molecular flexibility index (Phi) is 3.84. The molecular weight excluding hydrogens is 302 g/mol. The molecule has 7 heteroatoms. The van der Waals surface area contributed by atoms with Crippen LogP contribution < -0.4 is 5.32 Å². The van der Waals surface area contributed by atoms with Gasteiger partial charge in [-0.15, -0.1) is 0 Å². The molecule has 4 rings (SSSR count). The van der Waals surface area contributed by atoms with E-state index < -0.39 is 0 Å². The number of anilines is 1. The van der Waals surface area contributed by atoms with E-state index in [0.717, 1.165) is 40.7 Å². The van der Waals surface area contributed by atoms with Crippen LogP contribution in [0.2, 0.25) is 0 Å². The highest BCUT2D eigenvalue weighted by molar-refractivity contribution is 5.86. The Morgan fingerprint density at radius 1 is 1.12 bits per heavy atom. The summed E-state index contributed by atoms with van der Waals surface area (Å²) in [4.78, 5) is 22.3. The second kappa shape index (κ2) is 6.14. The Hall–Kier alpha value is -2.57. The van der Waals surface area contributed by atoms with Gasteiger partial charge in [0.05, 0.1) is 5.56 Å². The van der Waals surface area contributed by atoms with E-state index >= 15 is 0 Å². The number of nitrogens with one attached hydrogen (secondary N) is 1. The summed E-state index contributed by atoms with van der Waals surface area (Å²) in [6.45, 7) is 4.74. The molecule has 7 nitrogen and oxygen atoms in total. The van der Waals surface area contributed by atoms with E-state index in [9.17, 15) is 0 Å². The van der Waals surface area contributed by atoms with Crippen molar-refractivity contribution in [1.29, 1.82) is 0 Å². The summed E-state index contributed by atoms with van der Waals surface area (Å²) in [5.74, 6) is 2.41. The molecule has 0 saturated heterocycles. The lowest BCUT2D eigenvalue weighted by Crippen LogP contribution is -2.16. The second-order valence-electron chi connectivity index (χ2n) is 6.22. The average molecular weight is 323 g/mol. The molecule has 0 radical (unpaired) electrons. The van der Waals surface area contributed by atoms with Gasteiger partial charge in [0, 0.05) is 25.0 Å². The third-order valence-electron chi connectivity index (χ3n) is 4.58. The number of nitrogens with zero attached hydrogens (tertiary/aromatic N) is 6.